The summed E-state index contributed by atoms with van der Waals surface area (Å²) >= 11 is 0. The fraction of sp³-hybridized carbons (Fsp3) is 0.917. The molecule has 2 unspecified atom stereocenters. The van der Waals surface area contributed by atoms with E-state index in [1.807, 2.05) is 20.8 Å². The summed E-state index contributed by atoms with van der Waals surface area (Å²) in [6.07, 6.45) is 4.66. The van der Waals surface area contributed by atoms with E-state index < -0.39 is 0 Å². The molecule has 16 heavy (non-hydrogen) atoms. The highest BCUT2D eigenvalue weighted by Gasteiger charge is 2.28. The summed E-state index contributed by atoms with van der Waals surface area (Å²) in [7, 11) is 0. The number of hydroxylamine groups is 2. The first-order chi connectivity index (χ1) is 7.46. The molecule has 0 saturated heterocycles. The molecule has 1 aliphatic rings. The van der Waals surface area contributed by atoms with Gasteiger partial charge in [-0.25, -0.2) is 5.06 Å². The summed E-state index contributed by atoms with van der Waals surface area (Å²) in [5, 5.41) is 10.6. The van der Waals surface area contributed by atoms with Crippen LogP contribution in [-0.2, 0) is 9.63 Å². The maximum Gasteiger partial charge on any atom is 0.233 e. The fourth-order valence-electron chi connectivity index (χ4n) is 2.16. The summed E-state index contributed by atoms with van der Waals surface area (Å²) in [6, 6.07) is 0.114. The largest absolute Gasteiger partial charge is 0.396 e. The Kier molecular flexibility index (Phi) is 4.74. The molecule has 0 spiro atoms. The monoisotopic (exact) mass is 229 g/mol. The zero-order chi connectivity index (χ0) is 12.2. The van der Waals surface area contributed by atoms with Crippen LogP contribution in [0.2, 0.25) is 0 Å². The van der Waals surface area contributed by atoms with E-state index in [1.54, 1.807) is 0 Å². The van der Waals surface area contributed by atoms with E-state index in [0.29, 0.717) is 5.92 Å². The minimum Gasteiger partial charge on any atom is -0.396 e. The molecule has 0 radical (unpaired) electrons. The first kappa shape index (κ1) is 13.5. The minimum atomic E-state index is -0.354. The van der Waals surface area contributed by atoms with Gasteiger partial charge in [0.1, 0.15) is 0 Å². The van der Waals surface area contributed by atoms with Gasteiger partial charge in [-0.2, -0.15) is 0 Å². The number of aliphatic hydroxyl groups is 1. The number of nitrogens with zero attached hydrogens (tertiary/aromatic N) is 1. The normalized spacial score (nSPS) is 26.5. The molecular weight excluding hydrogens is 206 g/mol. The lowest BCUT2D eigenvalue weighted by Gasteiger charge is -2.37. The third-order valence-electron chi connectivity index (χ3n) is 2.86. The summed E-state index contributed by atoms with van der Waals surface area (Å²) in [4.78, 5) is 16.6. The van der Waals surface area contributed by atoms with Gasteiger partial charge < -0.3 is 5.11 Å². The van der Waals surface area contributed by atoms with E-state index in [0.717, 1.165) is 32.1 Å². The molecule has 94 valence electrons. The zero-order valence-corrected chi connectivity index (χ0v) is 10.5. The Morgan fingerprint density at radius 3 is 2.62 bits per heavy atom. The Hall–Kier alpha value is -0.610. The molecule has 0 bridgehead atoms. The average Bonchev–Trinajstić information content (AvgIpc) is 2.25. The fourth-order valence-corrected chi connectivity index (χ4v) is 2.16. The maximum absolute atomic E-state index is 11.0. The predicted octanol–water partition coefficient (Wildman–Crippen LogP) is 1.73. The lowest BCUT2D eigenvalue weighted by atomic mass is 9.86. The molecule has 0 aromatic carbocycles. The van der Waals surface area contributed by atoms with Crippen LogP contribution in [0.15, 0.2) is 0 Å². The first-order valence-electron chi connectivity index (χ1n) is 6.00. The van der Waals surface area contributed by atoms with Crippen molar-refractivity contribution in [2.45, 2.75) is 58.1 Å². The number of hydrogen-bond acceptors (Lipinski definition) is 3. The van der Waals surface area contributed by atoms with Gasteiger partial charge in [0.2, 0.25) is 6.41 Å². The number of amides is 1. The van der Waals surface area contributed by atoms with Gasteiger partial charge in [-0.15, -0.1) is 0 Å². The van der Waals surface area contributed by atoms with Crippen LogP contribution in [0.3, 0.4) is 0 Å². The third-order valence-corrected chi connectivity index (χ3v) is 2.86. The van der Waals surface area contributed by atoms with Crippen LogP contribution in [0.1, 0.15) is 46.5 Å². The molecule has 1 N–H and O–H groups in total. The summed E-state index contributed by atoms with van der Waals surface area (Å²) < 4.78 is 0. The van der Waals surface area contributed by atoms with Gasteiger partial charge in [-0.1, -0.05) is 6.42 Å². The molecule has 1 aliphatic carbocycles. The van der Waals surface area contributed by atoms with Gasteiger partial charge in [0, 0.05) is 6.61 Å². The van der Waals surface area contributed by atoms with Crippen LogP contribution in [-0.4, -0.2) is 34.8 Å². The molecule has 1 amide bonds. The van der Waals surface area contributed by atoms with E-state index in [1.165, 1.54) is 5.06 Å². The van der Waals surface area contributed by atoms with Crippen LogP contribution in [0.5, 0.6) is 0 Å². The van der Waals surface area contributed by atoms with Crippen LogP contribution in [0.25, 0.3) is 0 Å². The lowest BCUT2D eigenvalue weighted by molar-refractivity contribution is -0.237. The van der Waals surface area contributed by atoms with Gasteiger partial charge in [-0.3, -0.25) is 9.63 Å². The minimum absolute atomic E-state index is 0.114. The zero-order valence-electron chi connectivity index (χ0n) is 10.5. The topological polar surface area (TPSA) is 49.8 Å². The van der Waals surface area contributed by atoms with E-state index in [4.69, 9.17) is 9.94 Å². The first-order valence-corrected chi connectivity index (χ1v) is 6.00. The summed E-state index contributed by atoms with van der Waals surface area (Å²) in [5.41, 5.74) is -0.354. The predicted molar refractivity (Wildman–Crippen MR) is 61.6 cm³/mol. The Morgan fingerprint density at radius 2 is 2.12 bits per heavy atom. The molecule has 1 saturated carbocycles. The Bertz CT molecular complexity index is 225. The third kappa shape index (κ3) is 4.10. The van der Waals surface area contributed by atoms with Gasteiger partial charge in [-0.05, 0) is 46.0 Å². The molecule has 1 rings (SSSR count). The highest BCUT2D eigenvalue weighted by molar-refractivity contribution is 5.45. The van der Waals surface area contributed by atoms with Crippen molar-refractivity contribution in [1.29, 1.82) is 0 Å². The van der Waals surface area contributed by atoms with E-state index in [9.17, 15) is 4.79 Å². The molecule has 2 atom stereocenters. The van der Waals surface area contributed by atoms with Crippen molar-refractivity contribution in [2.75, 3.05) is 6.61 Å². The summed E-state index contributed by atoms with van der Waals surface area (Å²) in [5.74, 6) is 0.310. The molecule has 4 heteroatoms. The summed E-state index contributed by atoms with van der Waals surface area (Å²) in [6.45, 7) is 5.99. The van der Waals surface area contributed by atoms with Crippen LogP contribution < -0.4 is 0 Å². The molecule has 4 nitrogen and oxygen atoms in total. The number of rotatable bonds is 4. The molecule has 0 aromatic heterocycles. The Labute approximate surface area is 97.5 Å². The maximum atomic E-state index is 11.0. The number of aliphatic hydroxyl groups excluding tert-OH is 1. The Balaban J connectivity index is 2.55. The molecule has 0 aromatic rings. The lowest BCUT2D eigenvalue weighted by Crippen LogP contribution is -2.43. The van der Waals surface area contributed by atoms with E-state index in [-0.39, 0.29) is 18.2 Å². The molecule has 0 aliphatic heterocycles. The Morgan fingerprint density at radius 1 is 1.44 bits per heavy atom. The standard InChI is InChI=1S/C12H23NO3/c1-12(2,3)16-13(9-15)11-6-4-5-10(7-11)8-14/h9-11,14H,4-8H2,1-3H3. The van der Waals surface area contributed by atoms with Crippen molar-refractivity contribution in [2.24, 2.45) is 5.92 Å². The highest BCUT2D eigenvalue weighted by Crippen LogP contribution is 2.28. The second-order valence-corrected chi connectivity index (χ2v) is 5.54. The van der Waals surface area contributed by atoms with E-state index >= 15 is 0 Å². The molecular formula is C12H23NO3. The van der Waals surface area contributed by atoms with Crippen LogP contribution in [0, 0.1) is 5.92 Å². The molecule has 0 heterocycles. The second-order valence-electron chi connectivity index (χ2n) is 5.54. The SMILES string of the molecule is CC(C)(C)ON(C=O)C1CCCC(CO)C1. The van der Waals surface area contributed by atoms with Crippen molar-refractivity contribution in [3.8, 4) is 0 Å². The molecule has 1 fully saturated rings. The number of hydrogen-bond donors (Lipinski definition) is 1. The number of carbonyl (C=O) groups is 1. The van der Waals surface area contributed by atoms with Crippen LogP contribution in [0.4, 0.5) is 0 Å². The second kappa shape index (κ2) is 5.64. The highest BCUT2D eigenvalue weighted by atomic mass is 16.7. The smallest absolute Gasteiger partial charge is 0.233 e. The van der Waals surface area contributed by atoms with Crippen molar-refractivity contribution < 1.29 is 14.7 Å². The van der Waals surface area contributed by atoms with Crippen molar-refractivity contribution in [1.82, 2.24) is 5.06 Å². The quantitative estimate of drug-likeness (QED) is 0.590. The van der Waals surface area contributed by atoms with Crippen molar-refractivity contribution in [3.05, 3.63) is 0 Å². The number of carbonyl (C=O) groups excluding carboxylic acids is 1. The average molecular weight is 229 g/mol. The van der Waals surface area contributed by atoms with Gasteiger partial charge in [0.05, 0.1) is 11.6 Å². The van der Waals surface area contributed by atoms with Crippen molar-refractivity contribution in [3.63, 3.8) is 0 Å². The van der Waals surface area contributed by atoms with Gasteiger partial charge >= 0.3 is 0 Å². The van der Waals surface area contributed by atoms with Gasteiger partial charge in [0.25, 0.3) is 0 Å². The van der Waals surface area contributed by atoms with Crippen LogP contribution >= 0.6 is 0 Å². The van der Waals surface area contributed by atoms with Crippen molar-refractivity contribution >= 4 is 6.41 Å². The van der Waals surface area contributed by atoms with Gasteiger partial charge in [0.15, 0.2) is 0 Å². The van der Waals surface area contributed by atoms with E-state index in [2.05, 4.69) is 0 Å².